The van der Waals surface area contributed by atoms with Gasteiger partial charge in [0.05, 0.1) is 5.54 Å². The number of hydrogen-bond acceptors (Lipinski definition) is 5. The Morgan fingerprint density at radius 2 is 1.77 bits per heavy atom. The van der Waals surface area contributed by atoms with E-state index in [4.69, 9.17) is 10.5 Å². The van der Waals surface area contributed by atoms with E-state index in [1.54, 1.807) is 0 Å². The third-order valence-electron chi connectivity index (χ3n) is 5.63. The van der Waals surface area contributed by atoms with Crippen molar-refractivity contribution in [3.63, 3.8) is 0 Å². The smallest absolute Gasteiger partial charge is 0.240 e. The Kier molecular flexibility index (Phi) is 5.32. The Morgan fingerprint density at radius 3 is 2.41 bits per heavy atom. The van der Waals surface area contributed by atoms with Crippen LogP contribution in [0.4, 0.5) is 0 Å². The summed E-state index contributed by atoms with van der Waals surface area (Å²) < 4.78 is 5.34. The minimum Gasteiger partial charge on any atom is -0.381 e. The van der Waals surface area contributed by atoms with Gasteiger partial charge in [-0.3, -0.25) is 9.69 Å². The van der Waals surface area contributed by atoms with E-state index < -0.39 is 5.54 Å². The first-order valence-electron chi connectivity index (χ1n) is 8.62. The van der Waals surface area contributed by atoms with Gasteiger partial charge in [-0.2, -0.15) is 11.8 Å². The number of carbonyl (C=O) groups excluding carboxylic acids is 1. The fourth-order valence-electron chi connectivity index (χ4n) is 4.06. The average Bonchev–Trinajstić information content (AvgIpc) is 3.04. The van der Waals surface area contributed by atoms with Crippen molar-refractivity contribution in [1.29, 1.82) is 0 Å². The molecule has 0 bridgehead atoms. The fourth-order valence-corrected chi connectivity index (χ4v) is 4.96. The summed E-state index contributed by atoms with van der Waals surface area (Å²) in [7, 11) is 0. The normalized spacial score (nSPS) is 28.4. The van der Waals surface area contributed by atoms with Crippen LogP contribution in [0.15, 0.2) is 0 Å². The van der Waals surface area contributed by atoms with Crippen LogP contribution in [0.5, 0.6) is 0 Å². The van der Waals surface area contributed by atoms with Crippen LogP contribution in [0.25, 0.3) is 0 Å². The van der Waals surface area contributed by atoms with Crippen molar-refractivity contribution in [2.75, 3.05) is 44.4 Å². The number of carbonyl (C=O) groups is 1. The molecule has 3 aliphatic rings. The number of nitrogens with one attached hydrogen (secondary N) is 1. The van der Waals surface area contributed by atoms with E-state index in [0.717, 1.165) is 19.6 Å². The minimum absolute atomic E-state index is 0.0217. The van der Waals surface area contributed by atoms with Gasteiger partial charge in [-0.05, 0) is 25.7 Å². The molecule has 2 saturated heterocycles. The summed E-state index contributed by atoms with van der Waals surface area (Å²) in [6, 6.07) is 0. The van der Waals surface area contributed by atoms with Gasteiger partial charge in [0.25, 0.3) is 0 Å². The van der Waals surface area contributed by atoms with Crippen LogP contribution in [0.3, 0.4) is 0 Å². The molecule has 0 aromatic rings. The van der Waals surface area contributed by atoms with Crippen LogP contribution in [0.1, 0.15) is 38.5 Å². The van der Waals surface area contributed by atoms with E-state index in [1.807, 2.05) is 11.8 Å². The van der Waals surface area contributed by atoms with Crippen LogP contribution in [-0.4, -0.2) is 66.2 Å². The molecule has 1 saturated carbocycles. The molecule has 126 valence electrons. The summed E-state index contributed by atoms with van der Waals surface area (Å²) in [5.74, 6) is 2.45. The number of ether oxygens (including phenoxy) is 1. The predicted molar refractivity (Wildman–Crippen MR) is 90.1 cm³/mol. The molecule has 5 nitrogen and oxygen atoms in total. The van der Waals surface area contributed by atoms with Gasteiger partial charge in [-0.25, -0.2) is 0 Å². The van der Waals surface area contributed by atoms with Crippen molar-refractivity contribution in [3.05, 3.63) is 0 Å². The first-order chi connectivity index (χ1) is 10.6. The molecular formula is C16H29N3O2S. The third-order valence-corrected chi connectivity index (χ3v) is 6.57. The molecule has 0 radical (unpaired) electrons. The lowest BCUT2D eigenvalue weighted by molar-refractivity contribution is -0.130. The van der Waals surface area contributed by atoms with Gasteiger partial charge in [0.15, 0.2) is 0 Å². The van der Waals surface area contributed by atoms with Crippen molar-refractivity contribution in [2.45, 2.75) is 49.6 Å². The van der Waals surface area contributed by atoms with E-state index >= 15 is 0 Å². The van der Waals surface area contributed by atoms with Crippen molar-refractivity contribution in [2.24, 2.45) is 5.73 Å². The Balaban J connectivity index is 1.60. The zero-order chi connectivity index (χ0) is 15.5. The Morgan fingerprint density at radius 1 is 1.14 bits per heavy atom. The third kappa shape index (κ3) is 3.45. The zero-order valence-electron chi connectivity index (χ0n) is 13.4. The van der Waals surface area contributed by atoms with E-state index in [9.17, 15) is 4.79 Å². The van der Waals surface area contributed by atoms with E-state index in [0.29, 0.717) is 26.1 Å². The summed E-state index contributed by atoms with van der Waals surface area (Å²) in [5.41, 5.74) is 5.75. The molecule has 1 amide bonds. The predicted octanol–water partition coefficient (Wildman–Crippen LogP) is 0.972. The number of rotatable bonds is 4. The number of nitrogens with zero attached hydrogens (tertiary/aromatic N) is 1. The highest BCUT2D eigenvalue weighted by Gasteiger charge is 2.42. The zero-order valence-corrected chi connectivity index (χ0v) is 14.3. The summed E-state index contributed by atoms with van der Waals surface area (Å²) in [4.78, 5) is 15.2. The lowest BCUT2D eigenvalue weighted by Crippen LogP contribution is -2.62. The first kappa shape index (κ1) is 16.6. The molecule has 0 spiro atoms. The molecular weight excluding hydrogens is 298 g/mol. The van der Waals surface area contributed by atoms with Gasteiger partial charge >= 0.3 is 0 Å². The monoisotopic (exact) mass is 327 g/mol. The van der Waals surface area contributed by atoms with Crippen molar-refractivity contribution in [3.8, 4) is 0 Å². The molecule has 3 rings (SSSR count). The number of amides is 1. The van der Waals surface area contributed by atoms with E-state index in [1.165, 1.54) is 37.2 Å². The number of thioether (sulfide) groups is 1. The van der Waals surface area contributed by atoms with Crippen molar-refractivity contribution >= 4 is 17.7 Å². The molecule has 0 unspecified atom stereocenters. The fraction of sp³-hybridized carbons (Fsp3) is 0.938. The molecule has 3 fully saturated rings. The summed E-state index contributed by atoms with van der Waals surface area (Å²) >= 11 is 2.04. The standard InChI is InChI=1S/C16H29N3O2S/c17-16(5-9-21-10-6-16)14(20)18-13-15(3-1-2-4-15)19-7-11-22-12-8-19/h1-13,17H2,(H,18,20). The molecule has 0 aromatic heterocycles. The molecule has 6 heteroatoms. The maximum atomic E-state index is 12.6. The highest BCUT2D eigenvalue weighted by molar-refractivity contribution is 7.99. The van der Waals surface area contributed by atoms with Crippen LogP contribution in [-0.2, 0) is 9.53 Å². The molecule has 22 heavy (non-hydrogen) atoms. The van der Waals surface area contributed by atoms with Gasteiger partial charge < -0.3 is 15.8 Å². The van der Waals surface area contributed by atoms with Crippen molar-refractivity contribution in [1.82, 2.24) is 10.2 Å². The topological polar surface area (TPSA) is 67.6 Å². The second kappa shape index (κ2) is 7.07. The second-order valence-corrected chi connectivity index (χ2v) is 8.21. The molecule has 3 N–H and O–H groups in total. The SMILES string of the molecule is NC1(C(=O)NCC2(N3CCSCC3)CCCC2)CCOCC1. The van der Waals surface area contributed by atoms with Crippen LogP contribution in [0, 0.1) is 0 Å². The highest BCUT2D eigenvalue weighted by Crippen LogP contribution is 2.36. The molecule has 0 atom stereocenters. The first-order valence-corrected chi connectivity index (χ1v) is 9.78. The molecule has 1 aliphatic carbocycles. The Hall–Kier alpha value is -0.300. The van der Waals surface area contributed by atoms with Crippen LogP contribution in [0.2, 0.25) is 0 Å². The number of nitrogens with two attached hydrogens (primary N) is 1. The summed E-state index contributed by atoms with van der Waals surface area (Å²) in [5, 5.41) is 3.20. The van der Waals surface area contributed by atoms with Crippen LogP contribution >= 0.6 is 11.8 Å². The van der Waals surface area contributed by atoms with Crippen molar-refractivity contribution < 1.29 is 9.53 Å². The Labute approximate surface area is 137 Å². The maximum Gasteiger partial charge on any atom is 0.240 e. The maximum absolute atomic E-state index is 12.6. The van der Waals surface area contributed by atoms with Gasteiger partial charge in [0, 0.05) is 49.9 Å². The van der Waals surface area contributed by atoms with Gasteiger partial charge in [0.1, 0.15) is 0 Å². The number of hydrogen-bond donors (Lipinski definition) is 2. The van der Waals surface area contributed by atoms with Crippen LogP contribution < -0.4 is 11.1 Å². The second-order valence-electron chi connectivity index (χ2n) is 6.98. The average molecular weight is 327 g/mol. The summed E-state index contributed by atoms with van der Waals surface area (Å²) in [6.07, 6.45) is 6.23. The quantitative estimate of drug-likeness (QED) is 0.805. The van der Waals surface area contributed by atoms with Gasteiger partial charge in [-0.15, -0.1) is 0 Å². The summed E-state index contributed by atoms with van der Waals surface area (Å²) in [6.45, 7) is 4.26. The Bertz CT molecular complexity index is 387. The van der Waals surface area contributed by atoms with E-state index in [-0.39, 0.29) is 11.4 Å². The van der Waals surface area contributed by atoms with Gasteiger partial charge in [-0.1, -0.05) is 12.8 Å². The molecule has 0 aromatic carbocycles. The molecule has 2 aliphatic heterocycles. The minimum atomic E-state index is -0.726. The lowest BCUT2D eigenvalue weighted by atomic mass is 9.89. The highest BCUT2D eigenvalue weighted by atomic mass is 32.2. The van der Waals surface area contributed by atoms with E-state index in [2.05, 4.69) is 10.2 Å². The largest absolute Gasteiger partial charge is 0.381 e. The lowest BCUT2D eigenvalue weighted by Gasteiger charge is -2.44. The molecule has 2 heterocycles. The van der Waals surface area contributed by atoms with Gasteiger partial charge in [0.2, 0.25) is 5.91 Å².